The van der Waals surface area contributed by atoms with E-state index in [1.807, 2.05) is 0 Å². The van der Waals surface area contributed by atoms with E-state index in [1.54, 1.807) is 0 Å². The smallest absolute Gasteiger partial charge is 0.324 e. The van der Waals surface area contributed by atoms with Crippen molar-refractivity contribution in [3.63, 3.8) is 0 Å². The van der Waals surface area contributed by atoms with E-state index in [9.17, 15) is 18.4 Å². The normalized spacial score (nSPS) is 45.9. The molecule has 2 saturated carbocycles. The maximum absolute atomic E-state index is 13.2. The van der Waals surface area contributed by atoms with Crippen molar-refractivity contribution in [3.8, 4) is 0 Å². The van der Waals surface area contributed by atoms with Gasteiger partial charge in [0.15, 0.2) is 0 Å². The maximum Gasteiger partial charge on any atom is 0.324 e. The Balaban J connectivity index is 2.35. The summed E-state index contributed by atoms with van der Waals surface area (Å²) in [6.07, 6.45) is -0.978. The molecule has 4 N–H and O–H groups in total. The highest BCUT2D eigenvalue weighted by Gasteiger charge is 2.81. The van der Waals surface area contributed by atoms with Crippen LogP contribution in [-0.4, -0.2) is 33.6 Å². The lowest BCUT2D eigenvalue weighted by molar-refractivity contribution is -0.149. The van der Waals surface area contributed by atoms with Gasteiger partial charge in [-0.15, -0.1) is 0 Å². The van der Waals surface area contributed by atoms with Gasteiger partial charge >= 0.3 is 11.9 Å². The van der Waals surface area contributed by atoms with E-state index < -0.39 is 47.6 Å². The molecule has 2 aliphatic carbocycles. The number of carboxylic acids is 2. The number of rotatable bonds is 2. The fourth-order valence-corrected chi connectivity index (χ4v) is 2.63. The number of carbonyl (C=O) groups is 2. The summed E-state index contributed by atoms with van der Waals surface area (Å²) < 4.78 is 26.5. The van der Waals surface area contributed by atoms with Crippen LogP contribution in [0.2, 0.25) is 0 Å². The van der Waals surface area contributed by atoms with Crippen LogP contribution in [0.15, 0.2) is 0 Å². The summed E-state index contributed by atoms with van der Waals surface area (Å²) in [5.41, 5.74) is 3.25. The number of aliphatic carboxylic acids is 2. The van der Waals surface area contributed by atoms with Gasteiger partial charge in [-0.3, -0.25) is 9.59 Å². The molecule has 0 aromatic carbocycles. The highest BCUT2D eigenvalue weighted by molar-refractivity contribution is 5.85. The van der Waals surface area contributed by atoms with Crippen molar-refractivity contribution in [2.75, 3.05) is 0 Å². The number of carboxylic acid groups (broad SMARTS) is 2. The average Bonchev–Trinajstić information content (AvgIpc) is 2.72. The van der Waals surface area contributed by atoms with Crippen molar-refractivity contribution < 1.29 is 28.6 Å². The first-order valence-electron chi connectivity index (χ1n) is 4.35. The Kier molecular flexibility index (Phi) is 1.69. The predicted molar refractivity (Wildman–Crippen MR) is 42.2 cm³/mol. The first kappa shape index (κ1) is 10.3. The SMILES string of the molecule is N[C@@]1(C(=O)O)CC(F)(F)[C@H]2[C@H](C(=O)O)[C@H]21. The molecule has 2 rings (SSSR count). The van der Waals surface area contributed by atoms with Crippen molar-refractivity contribution in [2.45, 2.75) is 17.9 Å². The Morgan fingerprint density at radius 1 is 1.27 bits per heavy atom. The van der Waals surface area contributed by atoms with Gasteiger partial charge in [-0.2, -0.15) is 0 Å². The van der Waals surface area contributed by atoms with E-state index in [0.29, 0.717) is 0 Å². The summed E-state index contributed by atoms with van der Waals surface area (Å²) in [4.78, 5) is 21.4. The summed E-state index contributed by atoms with van der Waals surface area (Å²) >= 11 is 0. The lowest BCUT2D eigenvalue weighted by atomic mass is 9.91. The summed E-state index contributed by atoms with van der Waals surface area (Å²) in [5.74, 6) is -10.1. The Morgan fingerprint density at radius 3 is 2.13 bits per heavy atom. The van der Waals surface area contributed by atoms with Crippen LogP contribution in [0.3, 0.4) is 0 Å². The number of fused-ring (bicyclic) bond motifs is 1. The molecule has 15 heavy (non-hydrogen) atoms. The van der Waals surface area contributed by atoms with Crippen molar-refractivity contribution in [2.24, 2.45) is 23.5 Å². The van der Waals surface area contributed by atoms with E-state index in [1.165, 1.54) is 0 Å². The molecule has 5 nitrogen and oxygen atoms in total. The number of hydrogen-bond donors (Lipinski definition) is 3. The molecule has 0 radical (unpaired) electrons. The lowest BCUT2D eigenvalue weighted by Crippen LogP contribution is -2.51. The van der Waals surface area contributed by atoms with Crippen LogP contribution in [0, 0.1) is 17.8 Å². The molecule has 0 amide bonds. The van der Waals surface area contributed by atoms with Crippen LogP contribution < -0.4 is 5.73 Å². The van der Waals surface area contributed by atoms with Crippen LogP contribution in [-0.2, 0) is 9.59 Å². The van der Waals surface area contributed by atoms with E-state index in [2.05, 4.69) is 0 Å². The molecule has 0 aromatic heterocycles. The number of alkyl halides is 2. The Morgan fingerprint density at radius 2 is 1.80 bits per heavy atom. The van der Waals surface area contributed by atoms with Crippen LogP contribution in [0.1, 0.15) is 6.42 Å². The second-order valence-corrected chi connectivity index (χ2v) is 4.20. The van der Waals surface area contributed by atoms with Gasteiger partial charge in [-0.25, -0.2) is 8.78 Å². The minimum absolute atomic E-state index is 0.978. The monoisotopic (exact) mass is 221 g/mol. The Bertz CT molecular complexity index is 359. The average molecular weight is 221 g/mol. The van der Waals surface area contributed by atoms with Crippen molar-refractivity contribution in [3.05, 3.63) is 0 Å². The first-order valence-corrected chi connectivity index (χ1v) is 4.35. The zero-order valence-corrected chi connectivity index (χ0v) is 7.48. The third-order valence-corrected chi connectivity index (χ3v) is 3.31. The van der Waals surface area contributed by atoms with Crippen molar-refractivity contribution in [1.29, 1.82) is 0 Å². The van der Waals surface area contributed by atoms with Gasteiger partial charge in [0, 0.05) is 18.3 Å². The summed E-state index contributed by atoms with van der Waals surface area (Å²) in [6, 6.07) is 0. The lowest BCUT2D eigenvalue weighted by Gasteiger charge is -2.23. The summed E-state index contributed by atoms with van der Waals surface area (Å²) in [7, 11) is 0. The van der Waals surface area contributed by atoms with E-state index in [4.69, 9.17) is 15.9 Å². The second-order valence-electron chi connectivity index (χ2n) is 4.20. The minimum atomic E-state index is -3.29. The van der Waals surface area contributed by atoms with Gasteiger partial charge < -0.3 is 15.9 Å². The fraction of sp³-hybridized carbons (Fsp3) is 0.750. The van der Waals surface area contributed by atoms with Gasteiger partial charge in [-0.1, -0.05) is 0 Å². The molecule has 0 saturated heterocycles. The molecule has 0 aromatic rings. The molecule has 0 heterocycles. The van der Waals surface area contributed by atoms with Crippen LogP contribution in [0.25, 0.3) is 0 Å². The van der Waals surface area contributed by atoms with E-state index in [0.717, 1.165) is 0 Å². The van der Waals surface area contributed by atoms with Crippen LogP contribution >= 0.6 is 0 Å². The molecule has 2 fully saturated rings. The van der Waals surface area contributed by atoms with Crippen molar-refractivity contribution in [1.82, 2.24) is 0 Å². The minimum Gasteiger partial charge on any atom is -0.481 e. The Hall–Kier alpha value is -1.24. The standard InChI is InChI=1S/C8H9F2NO4/c9-8(10)1-7(11,6(14)15)3-2(4(3)8)5(12)13/h2-4H,1,11H2,(H,12,13)(H,14,15)/t2-,3-,4+,7+/m1/s1. The molecule has 84 valence electrons. The highest BCUT2D eigenvalue weighted by atomic mass is 19.3. The van der Waals surface area contributed by atoms with Gasteiger partial charge in [0.2, 0.25) is 0 Å². The van der Waals surface area contributed by atoms with Crippen LogP contribution in [0.4, 0.5) is 8.78 Å². The zero-order chi connectivity index (χ0) is 11.6. The molecule has 2 aliphatic rings. The van der Waals surface area contributed by atoms with Gasteiger partial charge in [0.05, 0.1) is 5.92 Å². The predicted octanol–water partition coefficient (Wildman–Crippen LogP) is -0.246. The molecular formula is C8H9F2NO4. The second kappa shape index (κ2) is 2.46. The Labute approximate surface area is 82.9 Å². The molecule has 4 atom stereocenters. The zero-order valence-electron chi connectivity index (χ0n) is 7.48. The fourth-order valence-electron chi connectivity index (χ4n) is 2.63. The van der Waals surface area contributed by atoms with Gasteiger partial charge in [0.1, 0.15) is 5.54 Å². The topological polar surface area (TPSA) is 101 Å². The third kappa shape index (κ3) is 1.09. The molecule has 0 unspecified atom stereocenters. The molecule has 0 spiro atoms. The summed E-state index contributed by atoms with van der Waals surface area (Å²) in [6.45, 7) is 0. The maximum atomic E-state index is 13.2. The van der Waals surface area contributed by atoms with E-state index in [-0.39, 0.29) is 0 Å². The van der Waals surface area contributed by atoms with Gasteiger partial charge in [0.25, 0.3) is 5.92 Å². The number of nitrogens with two attached hydrogens (primary N) is 1. The van der Waals surface area contributed by atoms with Crippen molar-refractivity contribution >= 4 is 11.9 Å². The van der Waals surface area contributed by atoms with E-state index >= 15 is 0 Å². The quantitative estimate of drug-likeness (QED) is 0.597. The van der Waals surface area contributed by atoms with Gasteiger partial charge in [-0.05, 0) is 0 Å². The molecule has 0 bridgehead atoms. The molecule has 7 heteroatoms. The largest absolute Gasteiger partial charge is 0.481 e. The summed E-state index contributed by atoms with van der Waals surface area (Å²) in [5, 5.41) is 17.4. The molecule has 0 aliphatic heterocycles. The first-order chi connectivity index (χ1) is 6.72. The third-order valence-electron chi connectivity index (χ3n) is 3.31. The number of hydrogen-bond acceptors (Lipinski definition) is 3. The highest BCUT2D eigenvalue weighted by Crippen LogP contribution is 2.67. The van der Waals surface area contributed by atoms with Crippen LogP contribution in [0.5, 0.6) is 0 Å². The number of halogens is 2. The molecular weight excluding hydrogens is 212 g/mol.